The first-order chi connectivity index (χ1) is 10.5. The average molecular weight is 339 g/mol. The zero-order valence-corrected chi connectivity index (χ0v) is 13.1. The summed E-state index contributed by atoms with van der Waals surface area (Å²) in [4.78, 5) is 11.6. The number of benzene rings is 2. The first-order valence-corrected chi connectivity index (χ1v) is 7.70. The number of halogens is 3. The Kier molecular flexibility index (Phi) is 4.37. The van der Waals surface area contributed by atoms with Crippen molar-refractivity contribution in [2.45, 2.75) is 12.8 Å². The molecule has 0 amide bonds. The highest BCUT2D eigenvalue weighted by Crippen LogP contribution is 2.34. The van der Waals surface area contributed by atoms with Crippen LogP contribution < -0.4 is 0 Å². The SMILES string of the molecule is O=C1OCC[C@H]1Cc1c(Cl)cc(-c2ccc(F)cc2)cc1Cl. The molecule has 1 saturated heterocycles. The second kappa shape index (κ2) is 6.27. The molecule has 0 unspecified atom stereocenters. The van der Waals surface area contributed by atoms with Crippen molar-refractivity contribution in [3.63, 3.8) is 0 Å². The molecule has 2 aromatic rings. The Morgan fingerprint density at radius 2 is 1.73 bits per heavy atom. The summed E-state index contributed by atoms with van der Waals surface area (Å²) in [6, 6.07) is 9.70. The van der Waals surface area contributed by atoms with E-state index in [-0.39, 0.29) is 17.7 Å². The fourth-order valence-electron chi connectivity index (χ4n) is 2.58. The van der Waals surface area contributed by atoms with Crippen molar-refractivity contribution >= 4 is 29.2 Å². The van der Waals surface area contributed by atoms with Gasteiger partial charge in [-0.1, -0.05) is 35.3 Å². The molecule has 3 rings (SSSR count). The summed E-state index contributed by atoms with van der Waals surface area (Å²) in [5, 5.41) is 1.01. The van der Waals surface area contributed by atoms with E-state index in [4.69, 9.17) is 27.9 Å². The molecule has 0 bridgehead atoms. The van der Waals surface area contributed by atoms with E-state index in [1.165, 1.54) is 12.1 Å². The number of rotatable bonds is 3. The van der Waals surface area contributed by atoms with Crippen molar-refractivity contribution in [3.05, 3.63) is 57.8 Å². The van der Waals surface area contributed by atoms with Crippen LogP contribution >= 0.6 is 23.2 Å². The van der Waals surface area contributed by atoms with Crippen molar-refractivity contribution in [3.8, 4) is 11.1 Å². The summed E-state index contributed by atoms with van der Waals surface area (Å²) in [6.07, 6.45) is 1.16. The fourth-order valence-corrected chi connectivity index (χ4v) is 3.22. The van der Waals surface area contributed by atoms with E-state index < -0.39 is 0 Å². The van der Waals surface area contributed by atoms with Crippen molar-refractivity contribution in [2.24, 2.45) is 5.92 Å². The third kappa shape index (κ3) is 3.11. The second-order valence-corrected chi connectivity index (χ2v) is 6.10. The topological polar surface area (TPSA) is 26.3 Å². The minimum atomic E-state index is -0.294. The maximum Gasteiger partial charge on any atom is 0.309 e. The molecule has 1 fully saturated rings. The van der Waals surface area contributed by atoms with E-state index >= 15 is 0 Å². The summed E-state index contributed by atoms with van der Waals surface area (Å²) in [7, 11) is 0. The number of carbonyl (C=O) groups is 1. The first kappa shape index (κ1) is 15.3. The molecule has 1 atom stereocenters. The van der Waals surface area contributed by atoms with Crippen LogP contribution in [0.15, 0.2) is 36.4 Å². The summed E-state index contributed by atoms with van der Waals surface area (Å²) in [6.45, 7) is 0.451. The zero-order valence-electron chi connectivity index (χ0n) is 11.6. The van der Waals surface area contributed by atoms with Gasteiger partial charge in [-0.2, -0.15) is 0 Å². The Balaban J connectivity index is 1.91. The lowest BCUT2D eigenvalue weighted by molar-refractivity contribution is -0.141. The van der Waals surface area contributed by atoms with Crippen molar-refractivity contribution in [1.29, 1.82) is 0 Å². The van der Waals surface area contributed by atoms with Gasteiger partial charge in [0.05, 0.1) is 12.5 Å². The van der Waals surface area contributed by atoms with E-state index in [0.717, 1.165) is 16.7 Å². The number of hydrogen-bond donors (Lipinski definition) is 0. The molecular weight excluding hydrogens is 326 g/mol. The molecule has 1 aliphatic heterocycles. The van der Waals surface area contributed by atoms with Crippen LogP contribution in [0.3, 0.4) is 0 Å². The van der Waals surface area contributed by atoms with Crippen LogP contribution in [0.2, 0.25) is 10.0 Å². The molecule has 0 radical (unpaired) electrons. The summed E-state index contributed by atoms with van der Waals surface area (Å²) in [5.74, 6) is -0.682. The maximum absolute atomic E-state index is 13.0. The van der Waals surface area contributed by atoms with E-state index in [9.17, 15) is 9.18 Å². The predicted molar refractivity (Wildman–Crippen MR) is 84.6 cm³/mol. The molecule has 0 aromatic heterocycles. The maximum atomic E-state index is 13.0. The van der Waals surface area contributed by atoms with Gasteiger partial charge in [-0.25, -0.2) is 4.39 Å². The number of carbonyl (C=O) groups excluding carboxylic acids is 1. The van der Waals surface area contributed by atoms with Crippen LogP contribution in [-0.4, -0.2) is 12.6 Å². The minimum absolute atomic E-state index is 0.188. The molecule has 22 heavy (non-hydrogen) atoms. The standard InChI is InChI=1S/C17H13Cl2FO2/c18-15-8-12(10-1-3-13(20)4-2-10)9-16(19)14(15)7-11-5-6-22-17(11)21/h1-4,8-9,11H,5-7H2/t11-/m0/s1. The van der Waals surface area contributed by atoms with Crippen LogP contribution in [0.5, 0.6) is 0 Å². The molecule has 0 spiro atoms. The van der Waals surface area contributed by atoms with Gasteiger partial charge in [-0.05, 0) is 53.8 Å². The van der Waals surface area contributed by atoms with Crippen molar-refractivity contribution < 1.29 is 13.9 Å². The molecule has 2 nitrogen and oxygen atoms in total. The summed E-state index contributed by atoms with van der Waals surface area (Å²) >= 11 is 12.7. The normalized spacial score (nSPS) is 17.6. The lowest BCUT2D eigenvalue weighted by atomic mass is 9.96. The van der Waals surface area contributed by atoms with E-state index in [0.29, 0.717) is 29.5 Å². The average Bonchev–Trinajstić information content (AvgIpc) is 2.89. The molecule has 0 aliphatic carbocycles. The third-order valence-electron chi connectivity index (χ3n) is 3.81. The van der Waals surface area contributed by atoms with Gasteiger partial charge in [-0.15, -0.1) is 0 Å². The second-order valence-electron chi connectivity index (χ2n) is 5.28. The Hall–Kier alpha value is -1.58. The van der Waals surface area contributed by atoms with Crippen LogP contribution in [0.4, 0.5) is 4.39 Å². The molecule has 114 valence electrons. The number of ether oxygens (including phenoxy) is 1. The molecule has 0 N–H and O–H groups in total. The van der Waals surface area contributed by atoms with Gasteiger partial charge in [-0.3, -0.25) is 4.79 Å². The van der Waals surface area contributed by atoms with E-state index in [1.54, 1.807) is 24.3 Å². The Bertz CT molecular complexity index is 690. The monoisotopic (exact) mass is 338 g/mol. The fraction of sp³-hybridized carbons (Fsp3) is 0.235. The van der Waals surface area contributed by atoms with Crippen molar-refractivity contribution in [2.75, 3.05) is 6.61 Å². The van der Waals surface area contributed by atoms with Gasteiger partial charge in [0, 0.05) is 10.0 Å². The lowest BCUT2D eigenvalue weighted by Crippen LogP contribution is -2.11. The Morgan fingerprint density at radius 3 is 2.27 bits per heavy atom. The Labute approximate surface area is 137 Å². The zero-order chi connectivity index (χ0) is 15.7. The van der Waals surface area contributed by atoms with Crippen LogP contribution in [-0.2, 0) is 16.0 Å². The molecular formula is C17H13Cl2FO2. The van der Waals surface area contributed by atoms with Gasteiger partial charge < -0.3 is 4.74 Å². The van der Waals surface area contributed by atoms with Gasteiger partial charge in [0.15, 0.2) is 0 Å². The molecule has 1 heterocycles. The van der Waals surface area contributed by atoms with E-state index in [1.807, 2.05) is 0 Å². The number of esters is 1. The summed E-state index contributed by atoms with van der Waals surface area (Å²) < 4.78 is 18.0. The van der Waals surface area contributed by atoms with Crippen LogP contribution in [0.25, 0.3) is 11.1 Å². The first-order valence-electron chi connectivity index (χ1n) is 6.95. The van der Waals surface area contributed by atoms with E-state index in [2.05, 4.69) is 0 Å². The highest BCUT2D eigenvalue weighted by atomic mass is 35.5. The van der Waals surface area contributed by atoms with Gasteiger partial charge in [0.2, 0.25) is 0 Å². The summed E-state index contributed by atoms with van der Waals surface area (Å²) in [5.41, 5.74) is 2.39. The van der Waals surface area contributed by atoms with Crippen molar-refractivity contribution in [1.82, 2.24) is 0 Å². The Morgan fingerprint density at radius 1 is 1.09 bits per heavy atom. The molecule has 0 saturated carbocycles. The lowest BCUT2D eigenvalue weighted by Gasteiger charge is -2.12. The molecule has 5 heteroatoms. The predicted octanol–water partition coefficient (Wildman–Crippen LogP) is 4.91. The highest BCUT2D eigenvalue weighted by molar-refractivity contribution is 6.36. The number of hydrogen-bond acceptors (Lipinski definition) is 2. The van der Waals surface area contributed by atoms with Gasteiger partial charge >= 0.3 is 5.97 Å². The van der Waals surface area contributed by atoms with Gasteiger partial charge in [0.25, 0.3) is 0 Å². The quantitative estimate of drug-likeness (QED) is 0.743. The number of cyclic esters (lactones) is 1. The van der Waals surface area contributed by atoms with Gasteiger partial charge in [0.1, 0.15) is 5.82 Å². The smallest absolute Gasteiger partial charge is 0.309 e. The largest absolute Gasteiger partial charge is 0.465 e. The van der Waals surface area contributed by atoms with Crippen LogP contribution in [0.1, 0.15) is 12.0 Å². The third-order valence-corrected chi connectivity index (χ3v) is 4.49. The minimum Gasteiger partial charge on any atom is -0.465 e. The van der Waals surface area contributed by atoms with Crippen LogP contribution in [0, 0.1) is 11.7 Å². The molecule has 2 aromatic carbocycles. The highest BCUT2D eigenvalue weighted by Gasteiger charge is 2.28. The molecule has 1 aliphatic rings.